The van der Waals surface area contributed by atoms with Crippen molar-refractivity contribution in [2.24, 2.45) is 0 Å². The molecular formula is C21H23N3O2S. The van der Waals surface area contributed by atoms with Gasteiger partial charge in [-0.05, 0) is 29.9 Å². The van der Waals surface area contributed by atoms with Crippen molar-refractivity contribution in [3.05, 3.63) is 58.6 Å². The van der Waals surface area contributed by atoms with E-state index < -0.39 is 0 Å². The number of nitrogens with one attached hydrogen (secondary N) is 1. The van der Waals surface area contributed by atoms with E-state index in [-0.39, 0.29) is 11.3 Å². The Hall–Kier alpha value is -2.47. The second-order valence-electron chi connectivity index (χ2n) is 7.15. The summed E-state index contributed by atoms with van der Waals surface area (Å²) < 4.78 is 5.27. The fraction of sp³-hybridized carbons (Fsp3) is 0.381. The predicted octanol–water partition coefficient (Wildman–Crippen LogP) is 4.36. The van der Waals surface area contributed by atoms with Gasteiger partial charge in [0.05, 0.1) is 0 Å². The number of nitrogens with zero attached hydrogens (tertiary/aromatic N) is 2. The summed E-state index contributed by atoms with van der Waals surface area (Å²) in [6, 6.07) is 12.5. The van der Waals surface area contributed by atoms with Crippen molar-refractivity contribution in [1.82, 2.24) is 15.5 Å². The minimum absolute atomic E-state index is 0.0347. The molecule has 1 aliphatic rings. The van der Waals surface area contributed by atoms with Crippen LogP contribution in [0.25, 0.3) is 11.4 Å². The first-order chi connectivity index (χ1) is 13.3. The van der Waals surface area contributed by atoms with E-state index in [1.165, 1.54) is 18.4 Å². The first-order valence-corrected chi connectivity index (χ1v) is 10.4. The van der Waals surface area contributed by atoms with Gasteiger partial charge in [-0.2, -0.15) is 16.3 Å². The third-order valence-corrected chi connectivity index (χ3v) is 6.07. The summed E-state index contributed by atoms with van der Waals surface area (Å²) in [5.74, 6) is 1.12. The maximum absolute atomic E-state index is 12.4. The first kappa shape index (κ1) is 17.9. The van der Waals surface area contributed by atoms with Crippen molar-refractivity contribution in [3.63, 3.8) is 0 Å². The second-order valence-corrected chi connectivity index (χ2v) is 7.93. The van der Waals surface area contributed by atoms with Crippen LogP contribution in [0.4, 0.5) is 0 Å². The topological polar surface area (TPSA) is 68.0 Å². The van der Waals surface area contributed by atoms with Crippen LogP contribution in [0.3, 0.4) is 0 Å². The fourth-order valence-electron chi connectivity index (χ4n) is 3.85. The Balaban J connectivity index is 1.32. The van der Waals surface area contributed by atoms with Crippen LogP contribution in [0.5, 0.6) is 0 Å². The van der Waals surface area contributed by atoms with Crippen LogP contribution < -0.4 is 5.32 Å². The molecule has 1 aliphatic carbocycles. The molecule has 5 nitrogen and oxygen atoms in total. The molecule has 0 radical (unpaired) electrons. The van der Waals surface area contributed by atoms with Gasteiger partial charge < -0.3 is 9.84 Å². The van der Waals surface area contributed by atoms with Crippen molar-refractivity contribution < 1.29 is 9.32 Å². The molecule has 0 spiro atoms. The average Bonchev–Trinajstić information content (AvgIpc) is 3.47. The summed E-state index contributed by atoms with van der Waals surface area (Å²) >= 11 is 1.59. The molecule has 1 aromatic carbocycles. The van der Waals surface area contributed by atoms with Gasteiger partial charge in [0, 0.05) is 35.7 Å². The third-order valence-electron chi connectivity index (χ3n) is 5.38. The highest BCUT2D eigenvalue weighted by atomic mass is 32.1. The zero-order valence-corrected chi connectivity index (χ0v) is 16.0. The molecule has 2 aromatic heterocycles. The van der Waals surface area contributed by atoms with Crippen LogP contribution in [-0.2, 0) is 16.6 Å². The highest BCUT2D eigenvalue weighted by Gasteiger charge is 2.35. The minimum atomic E-state index is 0.0347. The summed E-state index contributed by atoms with van der Waals surface area (Å²) in [7, 11) is 0. The van der Waals surface area contributed by atoms with Gasteiger partial charge in [0.15, 0.2) is 0 Å². The smallest absolute Gasteiger partial charge is 0.227 e. The minimum Gasteiger partial charge on any atom is -0.355 e. The molecular weight excluding hydrogens is 358 g/mol. The van der Waals surface area contributed by atoms with Crippen LogP contribution in [-0.4, -0.2) is 22.6 Å². The zero-order chi connectivity index (χ0) is 18.5. The van der Waals surface area contributed by atoms with E-state index in [1.54, 1.807) is 11.3 Å². The van der Waals surface area contributed by atoms with Crippen LogP contribution in [0.1, 0.15) is 43.6 Å². The number of carbonyl (C=O) groups is 1. The summed E-state index contributed by atoms with van der Waals surface area (Å²) in [4.78, 5) is 16.8. The molecule has 2 heterocycles. The van der Waals surface area contributed by atoms with Gasteiger partial charge in [-0.3, -0.25) is 4.79 Å². The van der Waals surface area contributed by atoms with Crippen LogP contribution in [0.15, 0.2) is 51.7 Å². The second kappa shape index (κ2) is 8.05. The molecule has 0 saturated heterocycles. The molecule has 4 rings (SSSR count). The average molecular weight is 382 g/mol. The Bertz CT molecular complexity index is 868. The van der Waals surface area contributed by atoms with E-state index in [4.69, 9.17) is 4.52 Å². The van der Waals surface area contributed by atoms with Gasteiger partial charge in [-0.1, -0.05) is 48.3 Å². The van der Waals surface area contributed by atoms with Crippen molar-refractivity contribution in [2.75, 3.05) is 6.54 Å². The van der Waals surface area contributed by atoms with E-state index in [1.807, 2.05) is 22.9 Å². The maximum Gasteiger partial charge on any atom is 0.227 e. The summed E-state index contributed by atoms with van der Waals surface area (Å²) in [6.07, 6.45) is 5.52. The third kappa shape index (κ3) is 4.11. The molecule has 3 aromatic rings. The number of carbonyl (C=O) groups excluding carboxylic acids is 1. The Morgan fingerprint density at radius 3 is 2.74 bits per heavy atom. The number of thiophene rings is 1. The molecule has 0 bridgehead atoms. The lowest BCUT2D eigenvalue weighted by atomic mass is 9.79. The molecule has 6 heteroatoms. The Morgan fingerprint density at radius 2 is 2.00 bits per heavy atom. The van der Waals surface area contributed by atoms with Crippen LogP contribution >= 0.6 is 11.3 Å². The number of aryl methyl sites for hydroxylation is 1. The van der Waals surface area contributed by atoms with Gasteiger partial charge >= 0.3 is 0 Å². The van der Waals surface area contributed by atoms with Crippen LogP contribution in [0, 0.1) is 0 Å². The highest BCUT2D eigenvalue weighted by Crippen LogP contribution is 2.40. The number of hydrogen-bond donors (Lipinski definition) is 1. The predicted molar refractivity (Wildman–Crippen MR) is 106 cm³/mol. The van der Waals surface area contributed by atoms with Gasteiger partial charge in [0.2, 0.25) is 17.6 Å². The Morgan fingerprint density at radius 1 is 1.19 bits per heavy atom. The quantitative estimate of drug-likeness (QED) is 0.660. The number of benzene rings is 1. The SMILES string of the molecule is O=C(CCc1nc(-c2ccsc2)no1)NCC1(c2ccccc2)CCCC1. The Labute approximate surface area is 162 Å². The summed E-state index contributed by atoms with van der Waals surface area (Å²) in [5, 5.41) is 11.1. The highest BCUT2D eigenvalue weighted by molar-refractivity contribution is 7.08. The van der Waals surface area contributed by atoms with Crippen molar-refractivity contribution in [2.45, 2.75) is 43.9 Å². The van der Waals surface area contributed by atoms with Gasteiger partial charge in [-0.15, -0.1) is 0 Å². The largest absolute Gasteiger partial charge is 0.355 e. The number of rotatable bonds is 7. The normalized spacial score (nSPS) is 15.7. The summed E-state index contributed by atoms with van der Waals surface area (Å²) in [5.41, 5.74) is 2.36. The first-order valence-electron chi connectivity index (χ1n) is 9.43. The number of amides is 1. The molecule has 1 N–H and O–H groups in total. The lowest BCUT2D eigenvalue weighted by Crippen LogP contribution is -2.39. The lowest BCUT2D eigenvalue weighted by molar-refractivity contribution is -0.121. The zero-order valence-electron chi connectivity index (χ0n) is 15.2. The van der Waals surface area contributed by atoms with Gasteiger partial charge in [-0.25, -0.2) is 0 Å². The standard InChI is InChI=1S/C21H23N3O2S/c25-18(8-9-19-23-20(24-26-19)16-10-13-27-14-16)22-15-21(11-4-5-12-21)17-6-2-1-3-7-17/h1-3,6-7,10,13-14H,4-5,8-9,11-12,15H2,(H,22,25). The molecule has 0 aliphatic heterocycles. The van der Waals surface area contributed by atoms with Gasteiger partial charge in [0.25, 0.3) is 0 Å². The molecule has 1 fully saturated rings. The molecule has 140 valence electrons. The molecule has 1 amide bonds. The van der Waals surface area contributed by atoms with E-state index in [9.17, 15) is 4.79 Å². The monoisotopic (exact) mass is 381 g/mol. The van der Waals surface area contributed by atoms with E-state index in [0.717, 1.165) is 18.4 Å². The molecule has 0 atom stereocenters. The van der Waals surface area contributed by atoms with E-state index in [2.05, 4.69) is 39.7 Å². The maximum atomic E-state index is 12.4. The fourth-order valence-corrected chi connectivity index (χ4v) is 4.49. The lowest BCUT2D eigenvalue weighted by Gasteiger charge is -2.30. The summed E-state index contributed by atoms with van der Waals surface area (Å²) in [6.45, 7) is 0.694. The van der Waals surface area contributed by atoms with Crippen molar-refractivity contribution >= 4 is 17.2 Å². The molecule has 27 heavy (non-hydrogen) atoms. The number of hydrogen-bond acceptors (Lipinski definition) is 5. The van der Waals surface area contributed by atoms with E-state index in [0.29, 0.717) is 31.1 Å². The number of aromatic nitrogens is 2. The van der Waals surface area contributed by atoms with E-state index >= 15 is 0 Å². The van der Waals surface area contributed by atoms with Crippen molar-refractivity contribution in [3.8, 4) is 11.4 Å². The van der Waals surface area contributed by atoms with Gasteiger partial charge in [0.1, 0.15) is 0 Å². The van der Waals surface area contributed by atoms with Crippen LogP contribution in [0.2, 0.25) is 0 Å². The Kier molecular flexibility index (Phi) is 5.34. The molecule has 1 saturated carbocycles. The van der Waals surface area contributed by atoms with Crippen molar-refractivity contribution in [1.29, 1.82) is 0 Å². The molecule has 0 unspecified atom stereocenters.